The summed E-state index contributed by atoms with van der Waals surface area (Å²) in [5.41, 5.74) is 9.39. The van der Waals surface area contributed by atoms with Crippen LogP contribution in [0, 0.1) is 0 Å². The Kier molecular flexibility index (Phi) is 3.42. The summed E-state index contributed by atoms with van der Waals surface area (Å²) in [4.78, 5) is 0.749. The van der Waals surface area contributed by atoms with Gasteiger partial charge in [0.05, 0.1) is 9.79 Å². The van der Waals surface area contributed by atoms with Crippen molar-refractivity contribution in [2.45, 2.75) is 22.6 Å². The van der Waals surface area contributed by atoms with Gasteiger partial charge >= 0.3 is 0 Å². The van der Waals surface area contributed by atoms with Gasteiger partial charge in [0, 0.05) is 0 Å². The quantitative estimate of drug-likeness (QED) is 0.380. The molecule has 4 aromatic carbocycles. The zero-order chi connectivity index (χ0) is 19.6. The van der Waals surface area contributed by atoms with Crippen molar-refractivity contribution in [3.63, 3.8) is 0 Å². The molecule has 0 aliphatic heterocycles. The lowest BCUT2D eigenvalue weighted by Gasteiger charge is -2.09. The fourth-order valence-electron chi connectivity index (χ4n) is 4.71. The van der Waals surface area contributed by atoms with E-state index in [2.05, 4.69) is 24.3 Å². The van der Waals surface area contributed by atoms with E-state index in [4.69, 9.17) is 0 Å². The molecule has 2 aliphatic rings. The summed E-state index contributed by atoms with van der Waals surface area (Å²) in [5.74, 6) is 0. The minimum Gasteiger partial charge on any atom is -0.219 e. The molecule has 0 unspecified atom stereocenters. The third-order valence-corrected chi connectivity index (χ3v) is 7.90. The molecule has 0 saturated heterocycles. The van der Waals surface area contributed by atoms with E-state index in [-0.39, 0.29) is 0 Å². The lowest BCUT2D eigenvalue weighted by molar-refractivity contribution is 0.596. The van der Waals surface area contributed by atoms with Gasteiger partial charge < -0.3 is 0 Å². The maximum atomic E-state index is 13.4. The first-order chi connectivity index (χ1) is 14.1. The van der Waals surface area contributed by atoms with E-state index in [0.717, 1.165) is 35.1 Å². The fraction of sp³-hybridized carbons (Fsp3) is 0.0769. The molecule has 0 aromatic heterocycles. The van der Waals surface area contributed by atoms with Crippen LogP contribution >= 0.6 is 0 Å². The van der Waals surface area contributed by atoms with Crippen molar-refractivity contribution in [3.8, 4) is 22.3 Å². The first kappa shape index (κ1) is 16.8. The van der Waals surface area contributed by atoms with Crippen LogP contribution in [0.4, 0.5) is 0 Å². The van der Waals surface area contributed by atoms with Crippen LogP contribution in [0.15, 0.2) is 94.7 Å². The van der Waals surface area contributed by atoms with Crippen molar-refractivity contribution >= 4 is 9.84 Å². The molecule has 0 spiro atoms. The third-order valence-electron chi connectivity index (χ3n) is 6.15. The van der Waals surface area contributed by atoms with Gasteiger partial charge in [0.25, 0.3) is 0 Å². The van der Waals surface area contributed by atoms with E-state index in [1.54, 1.807) is 12.1 Å². The fourth-order valence-corrected chi connectivity index (χ4v) is 6.07. The molecule has 2 aliphatic carbocycles. The van der Waals surface area contributed by atoms with Gasteiger partial charge in [-0.1, -0.05) is 60.7 Å². The molecule has 0 fully saturated rings. The van der Waals surface area contributed by atoms with Gasteiger partial charge in [-0.15, -0.1) is 0 Å². The van der Waals surface area contributed by atoms with E-state index >= 15 is 0 Å². The predicted molar refractivity (Wildman–Crippen MR) is 115 cm³/mol. The molecular formula is C26H18O2S. The molecule has 0 radical (unpaired) electrons. The minimum absolute atomic E-state index is 0.375. The third kappa shape index (κ3) is 2.44. The molecule has 2 nitrogen and oxygen atoms in total. The first-order valence-electron chi connectivity index (χ1n) is 9.79. The molecule has 29 heavy (non-hydrogen) atoms. The van der Waals surface area contributed by atoms with Gasteiger partial charge in [-0.05, 0) is 81.6 Å². The average molecular weight is 394 g/mol. The molecule has 0 N–H and O–H groups in total. The Hall–Kier alpha value is -3.17. The summed E-state index contributed by atoms with van der Waals surface area (Å²) in [5, 5.41) is 0. The molecule has 4 aromatic rings. The van der Waals surface area contributed by atoms with Crippen LogP contribution in [-0.4, -0.2) is 8.42 Å². The summed E-state index contributed by atoms with van der Waals surface area (Å²) >= 11 is 0. The van der Waals surface area contributed by atoms with Crippen molar-refractivity contribution in [1.82, 2.24) is 0 Å². The molecule has 0 bridgehead atoms. The second kappa shape index (κ2) is 5.91. The van der Waals surface area contributed by atoms with E-state index in [9.17, 15) is 8.42 Å². The number of hydrogen-bond donors (Lipinski definition) is 0. The van der Waals surface area contributed by atoms with Crippen molar-refractivity contribution in [2.75, 3.05) is 0 Å². The van der Waals surface area contributed by atoms with E-state index in [1.165, 1.54) is 22.3 Å². The number of fused-ring (bicyclic) bond motifs is 6. The highest BCUT2D eigenvalue weighted by Crippen LogP contribution is 2.40. The lowest BCUT2D eigenvalue weighted by Crippen LogP contribution is -2.03. The molecule has 0 atom stereocenters. The average Bonchev–Trinajstić information content (AvgIpc) is 3.30. The number of benzene rings is 4. The smallest absolute Gasteiger partial charge is 0.206 e. The highest BCUT2D eigenvalue weighted by atomic mass is 32.2. The van der Waals surface area contributed by atoms with Crippen LogP contribution in [0.2, 0.25) is 0 Å². The van der Waals surface area contributed by atoms with Crippen molar-refractivity contribution in [3.05, 3.63) is 107 Å². The van der Waals surface area contributed by atoms with E-state index in [1.807, 2.05) is 48.5 Å². The second-order valence-electron chi connectivity index (χ2n) is 7.81. The highest BCUT2D eigenvalue weighted by molar-refractivity contribution is 7.91. The SMILES string of the molecule is O=S(=O)(c1ccc2c(c1)Cc1ccccc1-2)c1ccc2c(c1)Cc1ccccc1-2. The van der Waals surface area contributed by atoms with Crippen LogP contribution in [0.5, 0.6) is 0 Å². The first-order valence-corrected chi connectivity index (χ1v) is 11.3. The molecule has 0 heterocycles. The standard InChI is InChI=1S/C26H18O2S/c27-29(28,21-9-11-25-19(15-21)13-17-5-1-3-7-23(17)25)22-10-12-26-20(16-22)14-18-6-2-4-8-24(18)26/h1-12,15-16H,13-14H2. The van der Waals surface area contributed by atoms with Gasteiger partial charge in [0.1, 0.15) is 0 Å². The Bertz CT molecular complexity index is 1310. The molecular weight excluding hydrogens is 376 g/mol. The normalized spacial score (nSPS) is 13.5. The highest BCUT2D eigenvalue weighted by Gasteiger charge is 2.25. The maximum absolute atomic E-state index is 13.4. The summed E-state index contributed by atoms with van der Waals surface area (Å²) in [6, 6.07) is 27.7. The van der Waals surface area contributed by atoms with Crippen molar-refractivity contribution < 1.29 is 8.42 Å². The minimum atomic E-state index is -3.56. The van der Waals surface area contributed by atoms with E-state index in [0.29, 0.717) is 9.79 Å². The summed E-state index contributed by atoms with van der Waals surface area (Å²) in [6.45, 7) is 0. The number of hydrogen-bond acceptors (Lipinski definition) is 2. The Morgan fingerprint density at radius 2 is 0.897 bits per heavy atom. The van der Waals surface area contributed by atoms with Gasteiger partial charge in [-0.3, -0.25) is 0 Å². The summed E-state index contributed by atoms with van der Waals surface area (Å²) in [6.07, 6.45) is 1.57. The molecule has 3 heteroatoms. The lowest BCUT2D eigenvalue weighted by atomic mass is 10.1. The predicted octanol–water partition coefficient (Wildman–Crippen LogP) is 5.66. The topological polar surface area (TPSA) is 34.1 Å². The van der Waals surface area contributed by atoms with Gasteiger partial charge in [-0.25, -0.2) is 8.42 Å². The monoisotopic (exact) mass is 394 g/mol. The van der Waals surface area contributed by atoms with Crippen LogP contribution in [0.1, 0.15) is 22.3 Å². The van der Waals surface area contributed by atoms with E-state index < -0.39 is 9.84 Å². The number of sulfone groups is 1. The van der Waals surface area contributed by atoms with Gasteiger partial charge in [0.15, 0.2) is 0 Å². The van der Waals surface area contributed by atoms with Gasteiger partial charge in [-0.2, -0.15) is 0 Å². The Labute approximate surface area is 170 Å². The Morgan fingerprint density at radius 1 is 0.483 bits per heavy atom. The van der Waals surface area contributed by atoms with Crippen LogP contribution in [-0.2, 0) is 22.7 Å². The molecule has 6 rings (SSSR count). The van der Waals surface area contributed by atoms with Crippen LogP contribution < -0.4 is 0 Å². The number of rotatable bonds is 2. The zero-order valence-corrected chi connectivity index (χ0v) is 16.5. The Balaban J connectivity index is 1.41. The molecule has 0 amide bonds. The van der Waals surface area contributed by atoms with Crippen molar-refractivity contribution in [1.29, 1.82) is 0 Å². The zero-order valence-electron chi connectivity index (χ0n) is 15.7. The van der Waals surface area contributed by atoms with Crippen LogP contribution in [0.3, 0.4) is 0 Å². The van der Waals surface area contributed by atoms with Crippen LogP contribution in [0.25, 0.3) is 22.3 Å². The van der Waals surface area contributed by atoms with Gasteiger partial charge in [0.2, 0.25) is 9.84 Å². The largest absolute Gasteiger partial charge is 0.219 e. The second-order valence-corrected chi connectivity index (χ2v) is 9.76. The summed E-state index contributed by atoms with van der Waals surface area (Å²) in [7, 11) is -3.56. The summed E-state index contributed by atoms with van der Waals surface area (Å²) < 4.78 is 26.8. The molecule has 140 valence electrons. The maximum Gasteiger partial charge on any atom is 0.206 e. The van der Waals surface area contributed by atoms with Crippen molar-refractivity contribution in [2.24, 2.45) is 0 Å². The Morgan fingerprint density at radius 3 is 1.38 bits per heavy atom. The molecule has 0 saturated carbocycles.